The SMILES string of the molecule is N[C@@H]1CC(c2ccc(C(F)F)cc2)Oc2ccc(Br)cc21. The summed E-state index contributed by atoms with van der Waals surface area (Å²) in [6, 6.07) is 11.8. The summed E-state index contributed by atoms with van der Waals surface area (Å²) >= 11 is 3.42. The van der Waals surface area contributed by atoms with E-state index in [9.17, 15) is 8.78 Å². The average Bonchev–Trinajstić information content (AvgIpc) is 2.48. The predicted molar refractivity (Wildman–Crippen MR) is 80.5 cm³/mol. The average molecular weight is 354 g/mol. The largest absolute Gasteiger partial charge is 0.485 e. The van der Waals surface area contributed by atoms with Crippen LogP contribution in [0.3, 0.4) is 0 Å². The number of hydrogen-bond acceptors (Lipinski definition) is 2. The highest BCUT2D eigenvalue weighted by Crippen LogP contribution is 2.40. The van der Waals surface area contributed by atoms with Crippen LogP contribution < -0.4 is 10.5 Å². The fourth-order valence-corrected chi connectivity index (χ4v) is 2.91. The highest BCUT2D eigenvalue weighted by molar-refractivity contribution is 9.10. The maximum atomic E-state index is 12.6. The molecule has 0 radical (unpaired) electrons. The molecule has 0 fully saturated rings. The minimum atomic E-state index is -2.45. The van der Waals surface area contributed by atoms with Crippen LogP contribution in [-0.2, 0) is 0 Å². The van der Waals surface area contributed by atoms with Crippen LogP contribution in [-0.4, -0.2) is 0 Å². The molecule has 3 rings (SSSR count). The molecule has 1 aliphatic heterocycles. The summed E-state index contributed by atoms with van der Waals surface area (Å²) in [5, 5.41) is 0. The van der Waals surface area contributed by atoms with Crippen LogP contribution in [0.25, 0.3) is 0 Å². The Morgan fingerprint density at radius 1 is 1.14 bits per heavy atom. The Kier molecular flexibility index (Phi) is 3.95. The fourth-order valence-electron chi connectivity index (χ4n) is 2.54. The van der Waals surface area contributed by atoms with Crippen molar-refractivity contribution < 1.29 is 13.5 Å². The molecule has 0 aromatic heterocycles. The summed E-state index contributed by atoms with van der Waals surface area (Å²) in [4.78, 5) is 0. The molecule has 0 saturated carbocycles. The lowest BCUT2D eigenvalue weighted by Gasteiger charge is -2.30. The molecular formula is C16H14BrF2NO. The van der Waals surface area contributed by atoms with E-state index in [1.165, 1.54) is 12.1 Å². The van der Waals surface area contributed by atoms with Crippen molar-refractivity contribution in [2.75, 3.05) is 0 Å². The number of benzene rings is 2. The molecule has 0 spiro atoms. The third-order valence-electron chi connectivity index (χ3n) is 3.67. The first-order chi connectivity index (χ1) is 10.0. The van der Waals surface area contributed by atoms with Crippen LogP contribution in [0.4, 0.5) is 8.78 Å². The third-order valence-corrected chi connectivity index (χ3v) is 4.16. The Bertz CT molecular complexity index is 645. The minimum Gasteiger partial charge on any atom is -0.485 e. The van der Waals surface area contributed by atoms with Crippen LogP contribution in [0, 0.1) is 0 Å². The Hall–Kier alpha value is -1.46. The highest BCUT2D eigenvalue weighted by Gasteiger charge is 2.27. The lowest BCUT2D eigenvalue weighted by molar-refractivity contribution is 0.150. The number of alkyl halides is 2. The number of ether oxygens (including phenoxy) is 1. The topological polar surface area (TPSA) is 35.2 Å². The lowest BCUT2D eigenvalue weighted by Crippen LogP contribution is -2.24. The van der Waals surface area contributed by atoms with Gasteiger partial charge in [-0.05, 0) is 23.8 Å². The second-order valence-electron chi connectivity index (χ2n) is 5.10. The van der Waals surface area contributed by atoms with E-state index in [-0.39, 0.29) is 17.7 Å². The normalized spacial score (nSPS) is 21.0. The zero-order valence-electron chi connectivity index (χ0n) is 11.1. The molecule has 2 nitrogen and oxygen atoms in total. The minimum absolute atomic E-state index is 0.0168. The molecule has 21 heavy (non-hydrogen) atoms. The van der Waals surface area contributed by atoms with Gasteiger partial charge in [0, 0.05) is 28.1 Å². The van der Waals surface area contributed by atoms with Gasteiger partial charge in [-0.15, -0.1) is 0 Å². The zero-order chi connectivity index (χ0) is 15.0. The van der Waals surface area contributed by atoms with Crippen molar-refractivity contribution in [1.29, 1.82) is 0 Å². The van der Waals surface area contributed by atoms with Crippen molar-refractivity contribution >= 4 is 15.9 Å². The van der Waals surface area contributed by atoms with Crippen molar-refractivity contribution in [2.45, 2.75) is 25.0 Å². The maximum Gasteiger partial charge on any atom is 0.263 e. The Balaban J connectivity index is 1.86. The van der Waals surface area contributed by atoms with E-state index in [1.54, 1.807) is 12.1 Å². The molecular weight excluding hydrogens is 340 g/mol. The molecule has 2 aromatic carbocycles. The van der Waals surface area contributed by atoms with Gasteiger partial charge in [-0.1, -0.05) is 40.2 Å². The maximum absolute atomic E-state index is 12.6. The Morgan fingerprint density at radius 3 is 2.52 bits per heavy atom. The van der Waals surface area contributed by atoms with Crippen molar-refractivity contribution in [3.8, 4) is 5.75 Å². The summed E-state index contributed by atoms with van der Waals surface area (Å²) in [6.07, 6.45) is -2.04. The molecule has 1 unspecified atom stereocenters. The van der Waals surface area contributed by atoms with Crippen molar-refractivity contribution in [3.63, 3.8) is 0 Å². The van der Waals surface area contributed by atoms with Crippen molar-refractivity contribution in [1.82, 2.24) is 0 Å². The molecule has 5 heteroatoms. The summed E-state index contributed by atoms with van der Waals surface area (Å²) in [5.74, 6) is 0.750. The van der Waals surface area contributed by atoms with Gasteiger partial charge in [0.25, 0.3) is 6.43 Å². The molecule has 2 atom stereocenters. The first-order valence-corrected chi connectivity index (χ1v) is 7.43. The standard InChI is InChI=1S/C16H14BrF2NO/c17-11-5-6-14-12(7-11)13(20)8-15(21-14)9-1-3-10(4-2-9)16(18)19/h1-7,13,15-16H,8,20H2/t13-,15?/m1/s1. The fraction of sp³-hybridized carbons (Fsp3) is 0.250. The summed E-state index contributed by atoms with van der Waals surface area (Å²) in [6.45, 7) is 0. The number of rotatable bonds is 2. The van der Waals surface area contributed by atoms with E-state index < -0.39 is 6.43 Å². The van der Waals surface area contributed by atoms with E-state index in [1.807, 2.05) is 18.2 Å². The van der Waals surface area contributed by atoms with Gasteiger partial charge in [0.05, 0.1) is 0 Å². The molecule has 1 heterocycles. The van der Waals surface area contributed by atoms with Gasteiger partial charge in [-0.25, -0.2) is 8.78 Å². The van der Waals surface area contributed by atoms with Crippen LogP contribution in [0.15, 0.2) is 46.9 Å². The van der Waals surface area contributed by atoms with Gasteiger partial charge in [-0.3, -0.25) is 0 Å². The van der Waals surface area contributed by atoms with Crippen LogP contribution in [0.1, 0.15) is 41.7 Å². The van der Waals surface area contributed by atoms with Crippen molar-refractivity contribution in [2.24, 2.45) is 5.73 Å². The van der Waals surface area contributed by atoms with E-state index >= 15 is 0 Å². The highest BCUT2D eigenvalue weighted by atomic mass is 79.9. The van der Waals surface area contributed by atoms with Gasteiger partial charge < -0.3 is 10.5 Å². The van der Waals surface area contributed by atoms with E-state index in [0.29, 0.717) is 6.42 Å². The first kappa shape index (κ1) is 14.5. The van der Waals surface area contributed by atoms with E-state index in [0.717, 1.165) is 21.3 Å². The molecule has 2 aromatic rings. The molecule has 0 amide bonds. The molecule has 2 N–H and O–H groups in total. The van der Waals surface area contributed by atoms with Crippen LogP contribution >= 0.6 is 15.9 Å². The van der Waals surface area contributed by atoms with Gasteiger partial charge in [0.2, 0.25) is 0 Å². The molecule has 0 saturated heterocycles. The first-order valence-electron chi connectivity index (χ1n) is 6.64. The van der Waals surface area contributed by atoms with E-state index in [2.05, 4.69) is 15.9 Å². The van der Waals surface area contributed by atoms with Crippen LogP contribution in [0.2, 0.25) is 0 Å². The zero-order valence-corrected chi connectivity index (χ0v) is 12.7. The van der Waals surface area contributed by atoms with E-state index in [4.69, 9.17) is 10.5 Å². The van der Waals surface area contributed by atoms with Crippen LogP contribution in [0.5, 0.6) is 5.75 Å². The van der Waals surface area contributed by atoms with Gasteiger partial charge in [0.1, 0.15) is 11.9 Å². The quantitative estimate of drug-likeness (QED) is 0.832. The molecule has 1 aliphatic rings. The second kappa shape index (κ2) is 5.73. The molecule has 0 aliphatic carbocycles. The summed E-state index contributed by atoms with van der Waals surface area (Å²) in [5.41, 5.74) is 8.04. The van der Waals surface area contributed by atoms with Gasteiger partial charge >= 0.3 is 0 Å². The molecule has 110 valence electrons. The van der Waals surface area contributed by atoms with Crippen molar-refractivity contribution in [3.05, 3.63) is 63.6 Å². The number of fused-ring (bicyclic) bond motifs is 1. The van der Waals surface area contributed by atoms with Gasteiger partial charge in [0.15, 0.2) is 0 Å². The summed E-state index contributed by atoms with van der Waals surface area (Å²) < 4.78 is 32.1. The Morgan fingerprint density at radius 2 is 1.86 bits per heavy atom. The smallest absolute Gasteiger partial charge is 0.263 e. The second-order valence-corrected chi connectivity index (χ2v) is 6.01. The number of hydrogen-bond donors (Lipinski definition) is 1. The lowest BCUT2D eigenvalue weighted by atomic mass is 9.93. The Labute approximate surface area is 130 Å². The number of halogens is 3. The summed E-state index contributed by atoms with van der Waals surface area (Å²) in [7, 11) is 0. The van der Waals surface area contributed by atoms with Gasteiger partial charge in [-0.2, -0.15) is 0 Å². The third kappa shape index (κ3) is 2.94. The monoisotopic (exact) mass is 353 g/mol. The predicted octanol–water partition coefficient (Wildman–Crippen LogP) is 4.91. The number of nitrogens with two attached hydrogens (primary N) is 1. The molecule has 0 bridgehead atoms.